The van der Waals surface area contributed by atoms with Crippen LogP contribution in [0.1, 0.15) is 11.1 Å². The molecule has 0 unspecified atom stereocenters. The predicted octanol–water partition coefficient (Wildman–Crippen LogP) is 2.22. The first-order valence-electron chi connectivity index (χ1n) is 7.75. The molecular weight excluding hydrogens is 334 g/mol. The molecule has 2 aromatic rings. The van der Waals surface area contributed by atoms with Crippen molar-refractivity contribution in [2.75, 3.05) is 12.4 Å². The molecule has 0 aromatic heterocycles. The molecule has 0 fully saturated rings. The highest BCUT2D eigenvalue weighted by Crippen LogP contribution is 2.21. The van der Waals surface area contributed by atoms with Gasteiger partial charge in [-0.25, -0.2) is 5.43 Å². The Balaban J connectivity index is 1.94. The van der Waals surface area contributed by atoms with Gasteiger partial charge in [-0.3, -0.25) is 9.59 Å². The number of hydrogen-bond acceptors (Lipinski definition) is 5. The Kier molecular flexibility index (Phi) is 6.50. The topological polar surface area (TPSA) is 100 Å². The van der Waals surface area contributed by atoms with Crippen LogP contribution in [0.25, 0.3) is 0 Å². The van der Waals surface area contributed by atoms with Gasteiger partial charge in [0.1, 0.15) is 11.5 Å². The van der Waals surface area contributed by atoms with Crippen molar-refractivity contribution in [3.63, 3.8) is 0 Å². The van der Waals surface area contributed by atoms with Crippen LogP contribution in [0.15, 0.2) is 60.2 Å². The summed E-state index contributed by atoms with van der Waals surface area (Å²) in [6.07, 6.45) is 3.44. The molecule has 7 heteroatoms. The molecule has 0 radical (unpaired) electrons. The summed E-state index contributed by atoms with van der Waals surface area (Å²) < 4.78 is 5.01. The number of hydrogen-bond donors (Lipinski definition) is 3. The number of nitrogens with one attached hydrogen (secondary N) is 2. The van der Waals surface area contributed by atoms with Crippen LogP contribution in [0.3, 0.4) is 0 Å². The van der Waals surface area contributed by atoms with Gasteiger partial charge in [0.15, 0.2) is 0 Å². The van der Waals surface area contributed by atoms with E-state index in [2.05, 4.69) is 22.4 Å². The second kappa shape index (κ2) is 9.03. The summed E-state index contributed by atoms with van der Waals surface area (Å²) in [5.74, 6) is -1.11. The Bertz CT molecular complexity index is 829. The molecule has 134 valence electrons. The number of nitrogens with zero attached hydrogens (tertiary/aromatic N) is 1. The summed E-state index contributed by atoms with van der Waals surface area (Å²) in [6.45, 7) is 3.62. The number of benzene rings is 2. The number of allylic oxidation sites excluding steroid dienone is 1. The molecule has 0 aliphatic heterocycles. The Morgan fingerprint density at radius 3 is 2.58 bits per heavy atom. The van der Waals surface area contributed by atoms with E-state index in [0.717, 1.165) is 0 Å². The first-order chi connectivity index (χ1) is 12.5. The van der Waals surface area contributed by atoms with Crippen LogP contribution in [0.5, 0.6) is 11.5 Å². The lowest BCUT2D eigenvalue weighted by Gasteiger charge is -2.06. The first-order valence-corrected chi connectivity index (χ1v) is 7.75. The molecule has 26 heavy (non-hydrogen) atoms. The Morgan fingerprint density at radius 1 is 1.19 bits per heavy atom. The molecule has 7 nitrogen and oxygen atoms in total. The molecule has 0 saturated carbocycles. The lowest BCUT2D eigenvalue weighted by molar-refractivity contribution is -0.136. The van der Waals surface area contributed by atoms with Gasteiger partial charge in [0.05, 0.1) is 13.3 Å². The molecule has 2 rings (SSSR count). The number of methoxy groups -OCH3 is 1. The SMILES string of the molecule is C=CCc1cccc(C=NNC(=O)C(=O)Nc2ccc(OC)cc2)c1O. The zero-order chi connectivity index (χ0) is 18.9. The van der Waals surface area contributed by atoms with Crippen molar-refractivity contribution in [2.24, 2.45) is 5.10 Å². The van der Waals surface area contributed by atoms with Crippen molar-refractivity contribution in [1.82, 2.24) is 5.43 Å². The van der Waals surface area contributed by atoms with Crippen LogP contribution in [-0.4, -0.2) is 30.2 Å². The van der Waals surface area contributed by atoms with E-state index in [-0.39, 0.29) is 5.75 Å². The minimum atomic E-state index is -0.932. The molecule has 0 aliphatic carbocycles. The van der Waals surface area contributed by atoms with E-state index < -0.39 is 11.8 Å². The molecule has 0 heterocycles. The van der Waals surface area contributed by atoms with Gasteiger partial charge in [-0.2, -0.15) is 5.10 Å². The highest BCUT2D eigenvalue weighted by molar-refractivity contribution is 6.39. The van der Waals surface area contributed by atoms with Gasteiger partial charge in [-0.1, -0.05) is 18.2 Å². The smallest absolute Gasteiger partial charge is 0.329 e. The van der Waals surface area contributed by atoms with Crippen molar-refractivity contribution in [3.8, 4) is 11.5 Å². The molecule has 0 spiro atoms. The highest BCUT2D eigenvalue weighted by Gasteiger charge is 2.13. The summed E-state index contributed by atoms with van der Waals surface area (Å²) in [6, 6.07) is 11.7. The zero-order valence-electron chi connectivity index (χ0n) is 14.2. The molecule has 2 aromatic carbocycles. The molecule has 2 amide bonds. The molecular formula is C19H19N3O4. The number of anilines is 1. The Hall–Kier alpha value is -3.61. The number of aromatic hydroxyl groups is 1. The number of phenols is 1. The number of carbonyl (C=O) groups excluding carboxylic acids is 2. The van der Waals surface area contributed by atoms with Gasteiger partial charge in [0, 0.05) is 11.3 Å². The maximum Gasteiger partial charge on any atom is 0.329 e. The number of rotatable bonds is 6. The largest absolute Gasteiger partial charge is 0.507 e. The van der Waals surface area contributed by atoms with E-state index in [1.54, 1.807) is 48.5 Å². The van der Waals surface area contributed by atoms with Crippen LogP contribution < -0.4 is 15.5 Å². The molecule has 0 bridgehead atoms. The summed E-state index contributed by atoms with van der Waals surface area (Å²) in [4.78, 5) is 23.6. The minimum Gasteiger partial charge on any atom is -0.507 e. The van der Waals surface area contributed by atoms with E-state index in [1.807, 2.05) is 0 Å². The van der Waals surface area contributed by atoms with Crippen LogP contribution in [0, 0.1) is 0 Å². The maximum atomic E-state index is 11.8. The fraction of sp³-hybridized carbons (Fsp3) is 0.105. The van der Waals surface area contributed by atoms with Gasteiger partial charge in [0.25, 0.3) is 0 Å². The van der Waals surface area contributed by atoms with Crippen molar-refractivity contribution >= 4 is 23.7 Å². The number of phenolic OH excluding ortho intramolecular Hbond substituents is 1. The van der Waals surface area contributed by atoms with Gasteiger partial charge < -0.3 is 15.2 Å². The standard InChI is InChI=1S/C19H19N3O4/c1-3-5-13-6-4-7-14(17(13)23)12-20-22-19(25)18(24)21-15-8-10-16(26-2)11-9-15/h3-4,6-12,23H,1,5H2,2H3,(H,21,24)(H,22,25). The first kappa shape index (κ1) is 18.7. The normalized spacial score (nSPS) is 10.3. The summed E-state index contributed by atoms with van der Waals surface area (Å²) >= 11 is 0. The second-order valence-electron chi connectivity index (χ2n) is 5.23. The number of carbonyl (C=O) groups is 2. The second-order valence-corrected chi connectivity index (χ2v) is 5.23. The predicted molar refractivity (Wildman–Crippen MR) is 99.4 cm³/mol. The van der Waals surface area contributed by atoms with Crippen molar-refractivity contribution < 1.29 is 19.4 Å². The summed E-state index contributed by atoms with van der Waals surface area (Å²) in [7, 11) is 1.53. The fourth-order valence-electron chi connectivity index (χ4n) is 2.11. The van der Waals surface area contributed by atoms with Crippen LogP contribution in [0.2, 0.25) is 0 Å². The van der Waals surface area contributed by atoms with Crippen LogP contribution in [0.4, 0.5) is 5.69 Å². The van der Waals surface area contributed by atoms with E-state index in [4.69, 9.17) is 4.74 Å². The number of hydrazone groups is 1. The maximum absolute atomic E-state index is 11.8. The third-order valence-corrected chi connectivity index (χ3v) is 3.44. The average molecular weight is 353 g/mol. The van der Waals surface area contributed by atoms with Gasteiger partial charge in [0.2, 0.25) is 0 Å². The number of ether oxygens (including phenoxy) is 1. The zero-order valence-corrected chi connectivity index (χ0v) is 14.2. The molecule has 0 atom stereocenters. The van der Waals surface area contributed by atoms with Crippen LogP contribution >= 0.6 is 0 Å². The lowest BCUT2D eigenvalue weighted by Crippen LogP contribution is -2.32. The van der Waals surface area contributed by atoms with E-state index in [1.165, 1.54) is 13.3 Å². The molecule has 0 aliphatic rings. The van der Waals surface area contributed by atoms with Gasteiger partial charge >= 0.3 is 11.8 Å². The summed E-state index contributed by atoms with van der Waals surface area (Å²) in [5.41, 5.74) is 3.67. The van der Waals surface area contributed by atoms with Gasteiger partial charge in [-0.15, -0.1) is 6.58 Å². The van der Waals surface area contributed by atoms with Gasteiger partial charge in [-0.05, 0) is 42.3 Å². The van der Waals surface area contributed by atoms with Crippen molar-refractivity contribution in [2.45, 2.75) is 6.42 Å². The third-order valence-electron chi connectivity index (χ3n) is 3.44. The molecule has 3 N–H and O–H groups in total. The Labute approximate surface area is 151 Å². The number of para-hydroxylation sites is 1. The van der Waals surface area contributed by atoms with Crippen molar-refractivity contribution in [3.05, 3.63) is 66.2 Å². The fourth-order valence-corrected chi connectivity index (χ4v) is 2.11. The van der Waals surface area contributed by atoms with E-state index in [9.17, 15) is 14.7 Å². The number of amides is 2. The quantitative estimate of drug-likeness (QED) is 0.321. The monoisotopic (exact) mass is 353 g/mol. The average Bonchev–Trinajstić information content (AvgIpc) is 2.65. The summed E-state index contributed by atoms with van der Waals surface area (Å²) in [5, 5.41) is 16.2. The minimum absolute atomic E-state index is 0.0492. The molecule has 0 saturated heterocycles. The van der Waals surface area contributed by atoms with E-state index >= 15 is 0 Å². The van der Waals surface area contributed by atoms with Crippen LogP contribution in [-0.2, 0) is 16.0 Å². The lowest BCUT2D eigenvalue weighted by atomic mass is 10.1. The highest BCUT2D eigenvalue weighted by atomic mass is 16.5. The third kappa shape index (κ3) is 4.94. The van der Waals surface area contributed by atoms with E-state index in [0.29, 0.717) is 29.0 Å². The Morgan fingerprint density at radius 2 is 1.92 bits per heavy atom. The van der Waals surface area contributed by atoms with Crippen molar-refractivity contribution in [1.29, 1.82) is 0 Å².